The molecular weight excluding hydrogens is 270 g/mol. The zero-order valence-electron chi connectivity index (χ0n) is 11.7. The molecule has 5 nitrogen and oxygen atoms in total. The number of methoxy groups -OCH3 is 1. The molecule has 0 aliphatic carbocycles. The van der Waals surface area contributed by atoms with Crippen LogP contribution in [-0.2, 0) is 0 Å². The molecule has 1 aliphatic heterocycles. The van der Waals surface area contributed by atoms with Gasteiger partial charge in [-0.2, -0.15) is 0 Å². The number of hydrogen-bond donors (Lipinski definition) is 2. The summed E-state index contributed by atoms with van der Waals surface area (Å²) < 4.78 is 16.1. The number of benzene rings is 2. The van der Waals surface area contributed by atoms with Crippen LogP contribution in [0.5, 0.6) is 17.2 Å². The predicted molar refractivity (Wildman–Crippen MR) is 79.0 cm³/mol. The Labute approximate surface area is 123 Å². The molecule has 2 aromatic carbocycles. The Kier molecular flexibility index (Phi) is 3.83. The van der Waals surface area contributed by atoms with E-state index in [1.165, 1.54) is 0 Å². The van der Waals surface area contributed by atoms with Crippen molar-refractivity contribution in [3.8, 4) is 17.2 Å². The molecule has 0 radical (unpaired) electrons. The summed E-state index contributed by atoms with van der Waals surface area (Å²) in [5.74, 6) is 1.85. The molecule has 21 heavy (non-hydrogen) atoms. The van der Waals surface area contributed by atoms with E-state index in [0.29, 0.717) is 17.2 Å². The normalized spacial score (nSPS) is 13.8. The van der Waals surface area contributed by atoms with Crippen molar-refractivity contribution >= 4 is 5.69 Å². The fourth-order valence-electron chi connectivity index (χ4n) is 2.32. The lowest BCUT2D eigenvalue weighted by Crippen LogP contribution is -2.14. The number of hydrogen-bond acceptors (Lipinski definition) is 5. The number of aliphatic hydroxyl groups is 1. The molecule has 0 saturated carbocycles. The lowest BCUT2D eigenvalue weighted by Gasteiger charge is -2.19. The molecule has 110 valence electrons. The quantitative estimate of drug-likeness (QED) is 0.885. The average molecular weight is 287 g/mol. The van der Waals surface area contributed by atoms with Crippen LogP contribution in [0.4, 0.5) is 5.69 Å². The van der Waals surface area contributed by atoms with Crippen molar-refractivity contribution in [1.29, 1.82) is 0 Å². The van der Waals surface area contributed by atoms with E-state index in [-0.39, 0.29) is 19.4 Å². The number of aliphatic hydroxyl groups excluding tert-OH is 1. The molecule has 5 heteroatoms. The number of nitrogens with one attached hydrogen (secondary N) is 1. The van der Waals surface area contributed by atoms with Crippen LogP contribution in [0.2, 0.25) is 0 Å². The standard InChI is InChI=1S/C16H17NO4/c1-19-14-7-11(8-15-16(14)21-10-20-15)13(9-18)17-12-5-3-2-4-6-12/h2-8,13,17-18H,9-10H2,1H3. The van der Waals surface area contributed by atoms with Gasteiger partial charge in [0, 0.05) is 5.69 Å². The Balaban J connectivity index is 1.90. The monoisotopic (exact) mass is 287 g/mol. The largest absolute Gasteiger partial charge is 0.493 e. The second-order valence-corrected chi connectivity index (χ2v) is 4.70. The minimum atomic E-state index is -0.254. The third-order valence-corrected chi connectivity index (χ3v) is 3.38. The van der Waals surface area contributed by atoms with Crippen LogP contribution < -0.4 is 19.5 Å². The van der Waals surface area contributed by atoms with Crippen molar-refractivity contribution in [2.45, 2.75) is 6.04 Å². The summed E-state index contributed by atoms with van der Waals surface area (Å²) in [7, 11) is 1.58. The van der Waals surface area contributed by atoms with Crippen molar-refractivity contribution < 1.29 is 19.3 Å². The first-order valence-electron chi connectivity index (χ1n) is 6.72. The zero-order chi connectivity index (χ0) is 14.7. The van der Waals surface area contributed by atoms with Crippen LogP contribution in [0.1, 0.15) is 11.6 Å². The molecule has 1 unspecified atom stereocenters. The van der Waals surface area contributed by atoms with Crippen molar-refractivity contribution in [3.05, 3.63) is 48.0 Å². The molecule has 1 aliphatic rings. The van der Waals surface area contributed by atoms with Crippen LogP contribution in [0.25, 0.3) is 0 Å². The van der Waals surface area contributed by atoms with Crippen molar-refractivity contribution in [1.82, 2.24) is 0 Å². The van der Waals surface area contributed by atoms with Gasteiger partial charge in [0.2, 0.25) is 12.5 Å². The van der Waals surface area contributed by atoms with Gasteiger partial charge in [0.05, 0.1) is 19.8 Å². The highest BCUT2D eigenvalue weighted by Crippen LogP contribution is 2.43. The lowest BCUT2D eigenvalue weighted by molar-refractivity contribution is 0.171. The summed E-state index contributed by atoms with van der Waals surface area (Å²) in [5, 5.41) is 13.0. The van der Waals surface area contributed by atoms with Crippen LogP contribution >= 0.6 is 0 Å². The molecule has 3 rings (SSSR count). The smallest absolute Gasteiger partial charge is 0.231 e. The third kappa shape index (κ3) is 2.73. The van der Waals surface area contributed by atoms with Gasteiger partial charge in [-0.15, -0.1) is 0 Å². The van der Waals surface area contributed by atoms with Gasteiger partial charge in [-0.05, 0) is 29.8 Å². The molecule has 2 aromatic rings. The first-order chi connectivity index (χ1) is 10.3. The summed E-state index contributed by atoms with van der Waals surface area (Å²) >= 11 is 0. The molecule has 1 heterocycles. The summed E-state index contributed by atoms with van der Waals surface area (Å²) in [6.45, 7) is 0.142. The maximum atomic E-state index is 9.68. The summed E-state index contributed by atoms with van der Waals surface area (Å²) in [5.41, 5.74) is 1.82. The molecule has 0 aromatic heterocycles. The maximum Gasteiger partial charge on any atom is 0.231 e. The van der Waals surface area contributed by atoms with Gasteiger partial charge in [-0.3, -0.25) is 0 Å². The fourth-order valence-corrected chi connectivity index (χ4v) is 2.32. The van der Waals surface area contributed by atoms with E-state index in [0.717, 1.165) is 11.3 Å². The Bertz CT molecular complexity index is 615. The van der Waals surface area contributed by atoms with Gasteiger partial charge >= 0.3 is 0 Å². The van der Waals surface area contributed by atoms with E-state index in [9.17, 15) is 5.11 Å². The summed E-state index contributed by atoms with van der Waals surface area (Å²) in [4.78, 5) is 0. The van der Waals surface area contributed by atoms with Gasteiger partial charge in [0.25, 0.3) is 0 Å². The number of ether oxygens (including phenoxy) is 3. The van der Waals surface area contributed by atoms with E-state index in [4.69, 9.17) is 14.2 Å². The Morgan fingerprint density at radius 2 is 2.05 bits per heavy atom. The predicted octanol–water partition coefficient (Wildman–Crippen LogP) is 2.57. The van der Waals surface area contributed by atoms with Gasteiger partial charge in [-0.1, -0.05) is 18.2 Å². The van der Waals surface area contributed by atoms with Crippen molar-refractivity contribution in [2.75, 3.05) is 25.8 Å². The highest BCUT2D eigenvalue weighted by atomic mass is 16.7. The number of para-hydroxylation sites is 1. The molecular formula is C16H17NO4. The fraction of sp³-hybridized carbons (Fsp3) is 0.250. The Morgan fingerprint density at radius 3 is 2.76 bits per heavy atom. The second kappa shape index (κ2) is 5.93. The van der Waals surface area contributed by atoms with Crippen LogP contribution in [0, 0.1) is 0 Å². The molecule has 0 bridgehead atoms. The van der Waals surface area contributed by atoms with Crippen molar-refractivity contribution in [2.24, 2.45) is 0 Å². The van der Waals surface area contributed by atoms with Crippen LogP contribution in [-0.4, -0.2) is 25.6 Å². The molecule has 1 atom stereocenters. The lowest BCUT2D eigenvalue weighted by atomic mass is 10.1. The molecule has 0 saturated heterocycles. The number of anilines is 1. The van der Waals surface area contributed by atoms with E-state index in [1.54, 1.807) is 7.11 Å². The van der Waals surface area contributed by atoms with Gasteiger partial charge < -0.3 is 24.6 Å². The summed E-state index contributed by atoms with van der Waals surface area (Å²) in [6.07, 6.45) is 0. The Hall–Kier alpha value is -2.40. The average Bonchev–Trinajstić information content (AvgIpc) is 3.01. The van der Waals surface area contributed by atoms with Crippen LogP contribution in [0.15, 0.2) is 42.5 Å². The first kappa shape index (κ1) is 13.6. The van der Waals surface area contributed by atoms with Gasteiger partial charge in [0.15, 0.2) is 11.5 Å². The first-order valence-corrected chi connectivity index (χ1v) is 6.72. The highest BCUT2D eigenvalue weighted by Gasteiger charge is 2.22. The minimum absolute atomic E-state index is 0.0440. The van der Waals surface area contributed by atoms with E-state index < -0.39 is 0 Å². The molecule has 0 amide bonds. The zero-order valence-corrected chi connectivity index (χ0v) is 11.7. The van der Waals surface area contributed by atoms with Gasteiger partial charge in [0.1, 0.15) is 0 Å². The molecule has 2 N–H and O–H groups in total. The SMILES string of the molecule is COc1cc(C(CO)Nc2ccccc2)cc2c1OCO2. The minimum Gasteiger partial charge on any atom is -0.493 e. The summed E-state index contributed by atoms with van der Waals surface area (Å²) in [6, 6.07) is 13.2. The molecule has 0 spiro atoms. The topological polar surface area (TPSA) is 60.0 Å². The van der Waals surface area contributed by atoms with Crippen LogP contribution in [0.3, 0.4) is 0 Å². The van der Waals surface area contributed by atoms with E-state index >= 15 is 0 Å². The maximum absolute atomic E-state index is 9.68. The number of fused-ring (bicyclic) bond motifs is 1. The van der Waals surface area contributed by atoms with E-state index in [2.05, 4.69) is 5.32 Å². The van der Waals surface area contributed by atoms with E-state index in [1.807, 2.05) is 42.5 Å². The second-order valence-electron chi connectivity index (χ2n) is 4.70. The third-order valence-electron chi connectivity index (χ3n) is 3.38. The Morgan fingerprint density at radius 1 is 1.24 bits per heavy atom. The highest BCUT2D eigenvalue weighted by molar-refractivity contribution is 5.57. The van der Waals surface area contributed by atoms with Gasteiger partial charge in [-0.25, -0.2) is 0 Å². The number of rotatable bonds is 5. The van der Waals surface area contributed by atoms with Crippen molar-refractivity contribution in [3.63, 3.8) is 0 Å². The molecule has 0 fully saturated rings.